The molecule has 1 aromatic carbocycles. The molecule has 1 aromatic rings. The van der Waals surface area contributed by atoms with Crippen LogP contribution in [0.4, 0.5) is 4.79 Å². The molecule has 3 N–H and O–H groups in total. The van der Waals surface area contributed by atoms with Crippen molar-refractivity contribution in [3.05, 3.63) is 41.5 Å². The van der Waals surface area contributed by atoms with Crippen LogP contribution < -0.4 is 15.8 Å². The van der Waals surface area contributed by atoms with Crippen LogP contribution in [0, 0.1) is 0 Å². The first-order valence-electron chi connectivity index (χ1n) is 11.1. The van der Waals surface area contributed by atoms with E-state index < -0.39 is 35.8 Å². The Labute approximate surface area is 200 Å². The lowest BCUT2D eigenvalue weighted by Gasteiger charge is -2.30. The molecule has 2 saturated heterocycles. The summed E-state index contributed by atoms with van der Waals surface area (Å²) in [6, 6.07) is 3.49. The Morgan fingerprint density at radius 3 is 2.51 bits per heavy atom. The largest absolute Gasteiger partial charge is 0.489 e. The molecule has 6 amide bonds. The molecule has 0 radical (unpaired) electrons. The summed E-state index contributed by atoms with van der Waals surface area (Å²) in [6.45, 7) is 0.797. The zero-order valence-electron chi connectivity index (χ0n) is 18.7. The highest BCUT2D eigenvalue weighted by Gasteiger charge is 2.46. The van der Waals surface area contributed by atoms with Crippen molar-refractivity contribution in [1.82, 2.24) is 15.1 Å². The van der Waals surface area contributed by atoms with E-state index >= 15 is 0 Å². The summed E-state index contributed by atoms with van der Waals surface area (Å²) >= 11 is 0. The summed E-state index contributed by atoms with van der Waals surface area (Å²) < 4.78 is 10.6. The number of likely N-dealkylation sites (tertiary alicyclic amines) is 1. The molecule has 4 rings (SSSR count). The molecule has 0 aromatic heterocycles. The number of fused-ring (bicyclic) bond motifs is 1. The second kappa shape index (κ2) is 9.95. The fourth-order valence-corrected chi connectivity index (χ4v) is 4.35. The third kappa shape index (κ3) is 5.00. The summed E-state index contributed by atoms with van der Waals surface area (Å²) in [4.78, 5) is 75.2. The topological polar surface area (TPSA) is 165 Å². The van der Waals surface area contributed by atoms with E-state index in [-0.39, 0.29) is 48.3 Å². The van der Waals surface area contributed by atoms with Gasteiger partial charge in [0.2, 0.25) is 17.7 Å². The number of carbonyl (C=O) groups excluding carboxylic acids is 6. The fraction of sp³-hybridized carbons (Fsp3) is 0.391. The van der Waals surface area contributed by atoms with Gasteiger partial charge in [0.15, 0.2) is 0 Å². The van der Waals surface area contributed by atoms with E-state index in [1.54, 1.807) is 11.0 Å². The minimum atomic E-state index is -1.07. The molecule has 2 fully saturated rings. The number of nitrogens with two attached hydrogens (primary N) is 1. The van der Waals surface area contributed by atoms with Gasteiger partial charge in [-0.3, -0.25) is 34.2 Å². The van der Waals surface area contributed by atoms with Crippen molar-refractivity contribution in [2.75, 3.05) is 19.7 Å². The van der Waals surface area contributed by atoms with Crippen LogP contribution in [0.15, 0.2) is 30.4 Å². The summed E-state index contributed by atoms with van der Waals surface area (Å²) in [5, 5.41) is 2.15. The van der Waals surface area contributed by atoms with Crippen LogP contribution in [0.1, 0.15) is 46.4 Å². The molecule has 3 aliphatic rings. The van der Waals surface area contributed by atoms with Crippen LogP contribution in [0.25, 0.3) is 0 Å². The number of nitrogens with zero attached hydrogens (tertiary/aromatic N) is 2. The predicted molar refractivity (Wildman–Crippen MR) is 118 cm³/mol. The van der Waals surface area contributed by atoms with Crippen LogP contribution in [-0.2, 0) is 19.1 Å². The predicted octanol–water partition coefficient (Wildman–Crippen LogP) is 0.109. The Balaban J connectivity index is 1.36. The Bertz CT molecular complexity index is 1120. The number of hydrogen-bond donors (Lipinski definition) is 2. The van der Waals surface area contributed by atoms with Gasteiger partial charge in [-0.15, -0.1) is 0 Å². The first-order valence-corrected chi connectivity index (χ1v) is 11.1. The molecule has 12 heteroatoms. The minimum Gasteiger partial charge on any atom is -0.489 e. The standard InChI is InChI=1S/C23H24N4O8/c24-23(33)35-13-8-10-26(11-9-13)18(29)5-2-12-34-16-4-1-3-14-19(16)22(32)27(21(14)31)15-6-7-17(28)25-20(15)30/h1-5,13,15H,6-12H2,(H2,24,33)(H,25,28,30). The molecule has 0 aliphatic carbocycles. The Hall–Kier alpha value is -4.22. The van der Waals surface area contributed by atoms with Crippen molar-refractivity contribution in [2.24, 2.45) is 5.73 Å². The number of rotatable bonds is 6. The summed E-state index contributed by atoms with van der Waals surface area (Å²) in [5.74, 6) is -2.52. The van der Waals surface area contributed by atoms with Crippen LogP contribution in [0.3, 0.4) is 0 Å². The maximum atomic E-state index is 13.0. The average Bonchev–Trinajstić information content (AvgIpc) is 3.07. The van der Waals surface area contributed by atoms with Crippen LogP contribution >= 0.6 is 0 Å². The van der Waals surface area contributed by atoms with Gasteiger partial charge in [-0.2, -0.15) is 0 Å². The number of benzene rings is 1. The molecule has 1 unspecified atom stereocenters. The maximum absolute atomic E-state index is 13.0. The van der Waals surface area contributed by atoms with Crippen molar-refractivity contribution in [3.63, 3.8) is 0 Å². The van der Waals surface area contributed by atoms with Crippen LogP contribution in [-0.4, -0.2) is 77.3 Å². The minimum absolute atomic E-state index is 0.0296. The van der Waals surface area contributed by atoms with Gasteiger partial charge in [0.1, 0.15) is 24.5 Å². The van der Waals surface area contributed by atoms with Gasteiger partial charge in [-0.05, 0) is 24.6 Å². The molecule has 3 aliphatic heterocycles. The van der Waals surface area contributed by atoms with Crippen molar-refractivity contribution in [3.8, 4) is 5.75 Å². The quantitative estimate of drug-likeness (QED) is 0.424. The molecule has 12 nitrogen and oxygen atoms in total. The number of piperidine rings is 2. The molecule has 3 heterocycles. The second-order valence-corrected chi connectivity index (χ2v) is 8.30. The number of nitrogens with one attached hydrogen (secondary N) is 1. The molecular weight excluding hydrogens is 460 g/mol. The zero-order chi connectivity index (χ0) is 25.1. The van der Waals surface area contributed by atoms with Gasteiger partial charge in [0.05, 0.1) is 11.1 Å². The molecule has 0 saturated carbocycles. The van der Waals surface area contributed by atoms with Crippen molar-refractivity contribution in [2.45, 2.75) is 37.8 Å². The normalized spacial score (nSPS) is 20.7. The highest BCUT2D eigenvalue weighted by atomic mass is 16.6. The van der Waals surface area contributed by atoms with Gasteiger partial charge in [-0.25, -0.2) is 4.79 Å². The van der Waals surface area contributed by atoms with E-state index in [0.29, 0.717) is 25.9 Å². The first kappa shape index (κ1) is 23.9. The van der Waals surface area contributed by atoms with Gasteiger partial charge in [0, 0.05) is 38.4 Å². The monoisotopic (exact) mass is 484 g/mol. The lowest BCUT2D eigenvalue weighted by Crippen LogP contribution is -2.54. The molecule has 0 spiro atoms. The highest BCUT2D eigenvalue weighted by Crippen LogP contribution is 2.33. The lowest BCUT2D eigenvalue weighted by molar-refractivity contribution is -0.136. The summed E-state index contributed by atoms with van der Waals surface area (Å²) in [6.07, 6.45) is 2.78. The fourth-order valence-electron chi connectivity index (χ4n) is 4.35. The maximum Gasteiger partial charge on any atom is 0.404 e. The third-order valence-electron chi connectivity index (χ3n) is 6.06. The van der Waals surface area contributed by atoms with Crippen LogP contribution in [0.2, 0.25) is 0 Å². The highest BCUT2D eigenvalue weighted by molar-refractivity contribution is 6.24. The SMILES string of the molecule is NC(=O)OC1CCN(C(=O)C=CCOc2cccc3c2C(=O)N(C2CCC(=O)NC2=O)C3=O)CC1. The van der Waals surface area contributed by atoms with Gasteiger partial charge in [0.25, 0.3) is 11.8 Å². The van der Waals surface area contributed by atoms with E-state index in [9.17, 15) is 28.8 Å². The number of hydrogen-bond acceptors (Lipinski definition) is 8. The van der Waals surface area contributed by atoms with Crippen molar-refractivity contribution >= 4 is 35.6 Å². The van der Waals surface area contributed by atoms with Gasteiger partial charge >= 0.3 is 6.09 Å². The second-order valence-electron chi connectivity index (χ2n) is 8.30. The Kier molecular flexibility index (Phi) is 6.80. The number of imide groups is 2. The van der Waals surface area contributed by atoms with E-state index in [4.69, 9.17) is 15.2 Å². The zero-order valence-corrected chi connectivity index (χ0v) is 18.7. The Morgan fingerprint density at radius 1 is 1.09 bits per heavy atom. The molecule has 0 bridgehead atoms. The molecule has 184 valence electrons. The van der Waals surface area contributed by atoms with E-state index in [1.165, 1.54) is 24.3 Å². The number of amides is 6. The van der Waals surface area contributed by atoms with E-state index in [1.807, 2.05) is 0 Å². The van der Waals surface area contributed by atoms with Crippen molar-refractivity contribution < 1.29 is 38.2 Å². The summed E-state index contributed by atoms with van der Waals surface area (Å²) in [7, 11) is 0. The van der Waals surface area contributed by atoms with E-state index in [0.717, 1.165) is 4.90 Å². The number of ether oxygens (including phenoxy) is 2. The van der Waals surface area contributed by atoms with Crippen molar-refractivity contribution in [1.29, 1.82) is 0 Å². The average molecular weight is 484 g/mol. The molecule has 35 heavy (non-hydrogen) atoms. The number of carbonyl (C=O) groups is 6. The first-order chi connectivity index (χ1) is 16.8. The smallest absolute Gasteiger partial charge is 0.404 e. The Morgan fingerprint density at radius 2 is 1.83 bits per heavy atom. The molecular formula is C23H24N4O8. The third-order valence-corrected chi connectivity index (χ3v) is 6.06. The van der Waals surface area contributed by atoms with Crippen LogP contribution in [0.5, 0.6) is 5.75 Å². The number of primary amides is 1. The lowest BCUT2D eigenvalue weighted by atomic mass is 10.0. The summed E-state index contributed by atoms with van der Waals surface area (Å²) in [5.41, 5.74) is 5.16. The molecule has 1 atom stereocenters. The van der Waals surface area contributed by atoms with Gasteiger partial charge < -0.3 is 20.1 Å². The van der Waals surface area contributed by atoms with E-state index in [2.05, 4.69) is 5.32 Å². The van der Waals surface area contributed by atoms with Gasteiger partial charge in [-0.1, -0.05) is 6.07 Å².